The second kappa shape index (κ2) is 17.8. The lowest BCUT2D eigenvalue weighted by Crippen LogP contribution is -2.34. The number of nitrogen functional groups attached to an aromatic ring is 1. The van der Waals surface area contributed by atoms with E-state index in [2.05, 4.69) is 69.3 Å². The van der Waals surface area contributed by atoms with E-state index in [0.717, 1.165) is 24.1 Å². The molecule has 0 saturated carbocycles. The lowest BCUT2D eigenvalue weighted by Gasteiger charge is -2.40. The summed E-state index contributed by atoms with van der Waals surface area (Å²) in [6.07, 6.45) is 16.4. The summed E-state index contributed by atoms with van der Waals surface area (Å²) in [5, 5.41) is 0. The van der Waals surface area contributed by atoms with Crippen LogP contribution in [0.5, 0.6) is 0 Å². The maximum atomic E-state index is 11.3. The van der Waals surface area contributed by atoms with Crippen molar-refractivity contribution in [2.24, 2.45) is 5.92 Å². The average Bonchev–Trinajstić information content (AvgIpc) is 2.93. The van der Waals surface area contributed by atoms with Crippen molar-refractivity contribution in [3.63, 3.8) is 0 Å². The van der Waals surface area contributed by atoms with Crippen molar-refractivity contribution in [3.05, 3.63) is 89.5 Å². The Hall–Kier alpha value is -2.61. The van der Waals surface area contributed by atoms with E-state index >= 15 is 0 Å². The van der Waals surface area contributed by atoms with Crippen LogP contribution in [0.3, 0.4) is 0 Å². The lowest BCUT2D eigenvalue weighted by atomic mass is 9.63. The maximum absolute atomic E-state index is 11.3. The molecular weight excluding hydrogens is 438 g/mol. The number of rotatable bonds is 11. The molecule has 0 radical (unpaired) electrons. The van der Waals surface area contributed by atoms with Crippen molar-refractivity contribution >= 4 is 11.5 Å². The Morgan fingerprint density at radius 1 is 0.917 bits per heavy atom. The predicted octanol–water partition coefficient (Wildman–Crippen LogP) is 9.64. The fourth-order valence-corrected chi connectivity index (χ4v) is 5.11. The Morgan fingerprint density at radius 2 is 1.58 bits per heavy atom. The van der Waals surface area contributed by atoms with Gasteiger partial charge in [-0.1, -0.05) is 121 Å². The molecule has 2 atom stereocenters. The van der Waals surface area contributed by atoms with Crippen LogP contribution in [0.2, 0.25) is 0 Å². The van der Waals surface area contributed by atoms with Crippen LogP contribution in [0.15, 0.2) is 78.4 Å². The molecule has 0 fully saturated rings. The second-order valence-electron chi connectivity index (χ2n) is 9.59. The largest absolute Gasteiger partial charge is 0.399 e. The van der Waals surface area contributed by atoms with Gasteiger partial charge in [0, 0.05) is 23.9 Å². The molecule has 198 valence electrons. The fourth-order valence-electron chi connectivity index (χ4n) is 5.11. The fraction of sp³-hybridized carbons (Fsp3) is 0.500. The number of aryl methyl sites for hydroxylation is 1. The number of hydrogen-bond acceptors (Lipinski definition) is 2. The minimum Gasteiger partial charge on any atom is -0.399 e. The van der Waals surface area contributed by atoms with Crippen molar-refractivity contribution in [2.75, 3.05) is 5.73 Å². The molecule has 2 aromatic carbocycles. The maximum Gasteiger partial charge on any atom is 0.133 e. The molecule has 2 nitrogen and oxygen atoms in total. The quantitative estimate of drug-likeness (QED) is 0.319. The van der Waals surface area contributed by atoms with E-state index in [4.69, 9.17) is 5.73 Å². The molecule has 0 heterocycles. The first-order chi connectivity index (χ1) is 17.5. The number of allylic oxidation sites excluding steroid dienone is 4. The molecule has 2 heteroatoms. The van der Waals surface area contributed by atoms with Gasteiger partial charge in [0.1, 0.15) is 5.78 Å². The third-order valence-corrected chi connectivity index (χ3v) is 7.17. The minimum absolute atomic E-state index is 0.156. The van der Waals surface area contributed by atoms with Gasteiger partial charge in [-0.15, -0.1) is 0 Å². The van der Waals surface area contributed by atoms with E-state index in [-0.39, 0.29) is 5.41 Å². The highest BCUT2D eigenvalue weighted by atomic mass is 16.1. The van der Waals surface area contributed by atoms with Gasteiger partial charge >= 0.3 is 0 Å². The summed E-state index contributed by atoms with van der Waals surface area (Å²) in [6, 6.07) is 18.8. The zero-order valence-corrected chi connectivity index (χ0v) is 23.9. The number of ketones is 1. The van der Waals surface area contributed by atoms with Gasteiger partial charge in [0.05, 0.1) is 0 Å². The van der Waals surface area contributed by atoms with Crippen molar-refractivity contribution in [1.82, 2.24) is 0 Å². The molecule has 1 aliphatic carbocycles. The Labute approximate surface area is 222 Å². The predicted molar refractivity (Wildman–Crippen MR) is 159 cm³/mol. The van der Waals surface area contributed by atoms with Crippen LogP contribution in [0.25, 0.3) is 0 Å². The zero-order valence-electron chi connectivity index (χ0n) is 23.9. The van der Waals surface area contributed by atoms with Gasteiger partial charge in [0.2, 0.25) is 0 Å². The Balaban J connectivity index is 0.000000356. The standard InChI is InChI=1S/C20H28.C12H17NO.C2H6/c1-4-12-17(5-2)20(3,18-13-8-6-9-14-18)19-15-10-7-11-16-19;1-2-5-11(14)9-8-10-6-3-4-7-12(10)13;1-2/h6,8-10,13-17H,4-5,7,11-12H2,1-3H3;3-4,6-7H,2,5,8-9,13H2,1H3;1-2H3. The van der Waals surface area contributed by atoms with Crippen LogP contribution in [0.4, 0.5) is 5.69 Å². The first-order valence-electron chi connectivity index (χ1n) is 14.2. The van der Waals surface area contributed by atoms with Crippen molar-refractivity contribution in [2.45, 2.75) is 105 Å². The van der Waals surface area contributed by atoms with Crippen LogP contribution in [-0.2, 0) is 16.6 Å². The Bertz CT molecular complexity index is 927. The van der Waals surface area contributed by atoms with E-state index in [1.165, 1.54) is 43.2 Å². The first kappa shape index (κ1) is 31.4. The summed E-state index contributed by atoms with van der Waals surface area (Å²) in [4.78, 5) is 11.3. The summed E-state index contributed by atoms with van der Waals surface area (Å²) in [6.45, 7) is 13.1. The second-order valence-corrected chi connectivity index (χ2v) is 9.59. The average molecular weight is 490 g/mol. The molecular formula is C34H51NO. The molecule has 3 rings (SSSR count). The Kier molecular flexibility index (Phi) is 15.5. The molecule has 2 N–H and O–H groups in total. The monoisotopic (exact) mass is 489 g/mol. The minimum atomic E-state index is 0.156. The molecule has 0 aliphatic heterocycles. The van der Waals surface area contributed by atoms with E-state index in [1.807, 2.05) is 45.0 Å². The summed E-state index contributed by atoms with van der Waals surface area (Å²) in [5.74, 6) is 1.04. The van der Waals surface area contributed by atoms with E-state index in [1.54, 1.807) is 0 Å². The molecule has 0 saturated heterocycles. The number of carbonyl (C=O) groups excluding carboxylic acids is 1. The lowest BCUT2D eigenvalue weighted by molar-refractivity contribution is -0.119. The molecule has 0 amide bonds. The molecule has 36 heavy (non-hydrogen) atoms. The SMILES string of the molecule is CC.CCCC(=O)CCc1ccccc1N.CCCC(CC)C(C)(C1=CCCC=C1)c1ccccc1. The van der Waals surface area contributed by atoms with Gasteiger partial charge in [0.15, 0.2) is 0 Å². The van der Waals surface area contributed by atoms with Gasteiger partial charge in [-0.2, -0.15) is 0 Å². The number of benzene rings is 2. The third kappa shape index (κ3) is 9.45. The molecule has 0 aromatic heterocycles. The first-order valence-corrected chi connectivity index (χ1v) is 14.2. The molecule has 2 aromatic rings. The van der Waals surface area contributed by atoms with Gasteiger partial charge in [-0.05, 0) is 60.8 Å². The van der Waals surface area contributed by atoms with Gasteiger partial charge in [-0.25, -0.2) is 0 Å². The highest BCUT2D eigenvalue weighted by molar-refractivity contribution is 5.78. The summed E-state index contributed by atoms with van der Waals surface area (Å²) < 4.78 is 0. The van der Waals surface area contributed by atoms with Crippen molar-refractivity contribution in [3.8, 4) is 0 Å². The molecule has 2 unspecified atom stereocenters. The number of nitrogens with two attached hydrogens (primary N) is 1. The van der Waals surface area contributed by atoms with Crippen LogP contribution >= 0.6 is 0 Å². The van der Waals surface area contributed by atoms with Crippen LogP contribution in [0, 0.1) is 5.92 Å². The number of Topliss-reactive ketones (excluding diaryl/α,β-unsaturated/α-hetero) is 1. The number of hydrogen-bond donors (Lipinski definition) is 1. The number of anilines is 1. The van der Waals surface area contributed by atoms with E-state index in [0.29, 0.717) is 24.5 Å². The highest BCUT2D eigenvalue weighted by Gasteiger charge is 2.36. The smallest absolute Gasteiger partial charge is 0.133 e. The van der Waals surface area contributed by atoms with E-state index < -0.39 is 0 Å². The molecule has 1 aliphatic rings. The number of carbonyl (C=O) groups is 1. The molecule has 0 bridgehead atoms. The van der Waals surface area contributed by atoms with Crippen LogP contribution in [0.1, 0.15) is 104 Å². The third-order valence-electron chi connectivity index (χ3n) is 7.17. The van der Waals surface area contributed by atoms with Crippen LogP contribution in [-0.4, -0.2) is 5.78 Å². The molecule has 0 spiro atoms. The summed E-state index contributed by atoms with van der Waals surface area (Å²) in [5.41, 5.74) is 10.8. The number of para-hydroxylation sites is 1. The topological polar surface area (TPSA) is 43.1 Å². The van der Waals surface area contributed by atoms with Gasteiger partial charge < -0.3 is 5.73 Å². The summed E-state index contributed by atoms with van der Waals surface area (Å²) in [7, 11) is 0. The van der Waals surface area contributed by atoms with Gasteiger partial charge in [0.25, 0.3) is 0 Å². The van der Waals surface area contributed by atoms with E-state index in [9.17, 15) is 4.79 Å². The Morgan fingerprint density at radius 3 is 2.14 bits per heavy atom. The normalized spacial score (nSPS) is 14.8. The van der Waals surface area contributed by atoms with Crippen molar-refractivity contribution in [1.29, 1.82) is 0 Å². The van der Waals surface area contributed by atoms with Crippen LogP contribution < -0.4 is 5.73 Å². The summed E-state index contributed by atoms with van der Waals surface area (Å²) >= 11 is 0. The van der Waals surface area contributed by atoms with Gasteiger partial charge in [-0.3, -0.25) is 4.79 Å². The zero-order chi connectivity index (χ0) is 26.8. The van der Waals surface area contributed by atoms with Crippen molar-refractivity contribution < 1.29 is 4.79 Å². The highest BCUT2D eigenvalue weighted by Crippen LogP contribution is 2.44.